The average molecular weight is 256 g/mol. The Morgan fingerprint density at radius 3 is 2.74 bits per heavy atom. The summed E-state index contributed by atoms with van der Waals surface area (Å²) in [5, 5.41) is 9.61. The standard InChI is InChI=1S/C16H20N2O/c1-12-5-4-6-14(9-12)11-18(3)16-10-15(13(2)19)7-8-17-16/h4-10,13,19H,11H2,1-3H3/t13-/m1/s1. The van der Waals surface area contributed by atoms with E-state index in [2.05, 4.69) is 41.1 Å². The molecule has 0 aliphatic heterocycles. The van der Waals surface area contributed by atoms with Crippen molar-refractivity contribution in [1.29, 1.82) is 0 Å². The molecule has 0 fully saturated rings. The average Bonchev–Trinajstić information content (AvgIpc) is 2.39. The quantitative estimate of drug-likeness (QED) is 0.913. The first-order valence-electron chi connectivity index (χ1n) is 6.47. The Kier molecular flexibility index (Phi) is 4.17. The summed E-state index contributed by atoms with van der Waals surface area (Å²) >= 11 is 0. The molecule has 2 aromatic rings. The Balaban J connectivity index is 2.15. The molecule has 100 valence electrons. The minimum atomic E-state index is -0.464. The molecule has 1 atom stereocenters. The van der Waals surface area contributed by atoms with Gasteiger partial charge in [0.25, 0.3) is 0 Å². The Morgan fingerprint density at radius 2 is 2.05 bits per heavy atom. The molecular weight excluding hydrogens is 236 g/mol. The van der Waals surface area contributed by atoms with Gasteiger partial charge in [-0.15, -0.1) is 0 Å². The molecule has 0 amide bonds. The third-order valence-corrected chi connectivity index (χ3v) is 3.15. The number of aliphatic hydroxyl groups excluding tert-OH is 1. The van der Waals surface area contributed by atoms with Crippen molar-refractivity contribution in [2.45, 2.75) is 26.5 Å². The van der Waals surface area contributed by atoms with E-state index in [1.807, 2.05) is 19.2 Å². The zero-order chi connectivity index (χ0) is 13.8. The topological polar surface area (TPSA) is 36.4 Å². The van der Waals surface area contributed by atoms with E-state index in [9.17, 15) is 5.11 Å². The number of benzene rings is 1. The third-order valence-electron chi connectivity index (χ3n) is 3.15. The summed E-state index contributed by atoms with van der Waals surface area (Å²) in [5.41, 5.74) is 3.41. The van der Waals surface area contributed by atoms with E-state index in [4.69, 9.17) is 0 Å². The molecule has 1 N–H and O–H groups in total. The van der Waals surface area contributed by atoms with Crippen LogP contribution < -0.4 is 4.90 Å². The van der Waals surface area contributed by atoms with Crippen molar-refractivity contribution < 1.29 is 5.11 Å². The molecule has 0 bridgehead atoms. The summed E-state index contributed by atoms with van der Waals surface area (Å²) < 4.78 is 0. The molecule has 1 aromatic heterocycles. The van der Waals surface area contributed by atoms with Crippen molar-refractivity contribution in [1.82, 2.24) is 4.98 Å². The van der Waals surface area contributed by atoms with Gasteiger partial charge in [-0.3, -0.25) is 0 Å². The molecule has 3 heteroatoms. The van der Waals surface area contributed by atoms with E-state index < -0.39 is 6.10 Å². The molecule has 0 spiro atoms. The SMILES string of the molecule is Cc1cccc(CN(C)c2cc([C@@H](C)O)ccn2)c1. The number of rotatable bonds is 4. The highest BCUT2D eigenvalue weighted by atomic mass is 16.3. The van der Waals surface area contributed by atoms with Gasteiger partial charge >= 0.3 is 0 Å². The van der Waals surface area contributed by atoms with Gasteiger partial charge in [0.2, 0.25) is 0 Å². The van der Waals surface area contributed by atoms with Crippen LogP contribution in [0.5, 0.6) is 0 Å². The van der Waals surface area contributed by atoms with Gasteiger partial charge in [0.05, 0.1) is 6.10 Å². The van der Waals surface area contributed by atoms with Gasteiger partial charge in [-0.05, 0) is 37.1 Å². The van der Waals surface area contributed by atoms with Crippen molar-refractivity contribution in [3.8, 4) is 0 Å². The van der Waals surface area contributed by atoms with E-state index >= 15 is 0 Å². The number of nitrogens with zero attached hydrogens (tertiary/aromatic N) is 2. The minimum absolute atomic E-state index is 0.464. The predicted octanol–water partition coefficient (Wildman–Crippen LogP) is 3.08. The van der Waals surface area contributed by atoms with Gasteiger partial charge in [-0.25, -0.2) is 4.98 Å². The molecule has 0 aliphatic rings. The Bertz CT molecular complexity index is 552. The van der Waals surface area contributed by atoms with Crippen LogP contribution in [0.1, 0.15) is 29.7 Å². The van der Waals surface area contributed by atoms with Crippen LogP contribution in [0.15, 0.2) is 42.6 Å². The predicted molar refractivity (Wildman–Crippen MR) is 78.2 cm³/mol. The summed E-state index contributed by atoms with van der Waals surface area (Å²) in [7, 11) is 2.01. The number of aryl methyl sites for hydroxylation is 1. The maximum atomic E-state index is 9.61. The summed E-state index contributed by atoms with van der Waals surface area (Å²) in [6.45, 7) is 4.66. The lowest BCUT2D eigenvalue weighted by Crippen LogP contribution is -2.18. The van der Waals surface area contributed by atoms with Gasteiger partial charge in [0, 0.05) is 19.8 Å². The van der Waals surface area contributed by atoms with Crippen LogP contribution in [0.25, 0.3) is 0 Å². The lowest BCUT2D eigenvalue weighted by atomic mass is 10.1. The minimum Gasteiger partial charge on any atom is -0.389 e. The van der Waals surface area contributed by atoms with Gasteiger partial charge in [0.1, 0.15) is 5.82 Å². The molecular formula is C16H20N2O. The maximum absolute atomic E-state index is 9.61. The number of pyridine rings is 1. The molecule has 19 heavy (non-hydrogen) atoms. The van der Waals surface area contributed by atoms with Crippen molar-refractivity contribution in [3.63, 3.8) is 0 Å². The van der Waals surface area contributed by atoms with E-state index in [-0.39, 0.29) is 0 Å². The molecule has 1 heterocycles. The van der Waals surface area contributed by atoms with E-state index in [1.165, 1.54) is 11.1 Å². The molecule has 0 saturated carbocycles. The van der Waals surface area contributed by atoms with Crippen LogP contribution in [0.4, 0.5) is 5.82 Å². The number of hydrogen-bond donors (Lipinski definition) is 1. The fourth-order valence-electron chi connectivity index (χ4n) is 2.07. The van der Waals surface area contributed by atoms with Crippen molar-refractivity contribution in [2.24, 2.45) is 0 Å². The lowest BCUT2D eigenvalue weighted by molar-refractivity contribution is 0.199. The van der Waals surface area contributed by atoms with Crippen LogP contribution in [0, 0.1) is 6.92 Å². The lowest BCUT2D eigenvalue weighted by Gasteiger charge is -2.19. The van der Waals surface area contributed by atoms with Crippen LogP contribution in [-0.2, 0) is 6.54 Å². The fraction of sp³-hybridized carbons (Fsp3) is 0.312. The maximum Gasteiger partial charge on any atom is 0.128 e. The second-order valence-electron chi connectivity index (χ2n) is 4.97. The van der Waals surface area contributed by atoms with E-state index in [0.717, 1.165) is 17.9 Å². The van der Waals surface area contributed by atoms with Gasteiger partial charge < -0.3 is 10.0 Å². The second-order valence-corrected chi connectivity index (χ2v) is 4.97. The smallest absolute Gasteiger partial charge is 0.128 e. The summed E-state index contributed by atoms with van der Waals surface area (Å²) in [6.07, 6.45) is 1.28. The highest BCUT2D eigenvalue weighted by molar-refractivity contribution is 5.41. The first-order chi connectivity index (χ1) is 9.06. The van der Waals surface area contributed by atoms with Gasteiger partial charge in [-0.1, -0.05) is 29.8 Å². The fourth-order valence-corrected chi connectivity index (χ4v) is 2.07. The third kappa shape index (κ3) is 3.55. The Labute approximate surface area is 114 Å². The van der Waals surface area contributed by atoms with Crippen molar-refractivity contribution >= 4 is 5.82 Å². The van der Waals surface area contributed by atoms with Gasteiger partial charge in [-0.2, -0.15) is 0 Å². The first kappa shape index (κ1) is 13.6. The van der Waals surface area contributed by atoms with Crippen molar-refractivity contribution in [2.75, 3.05) is 11.9 Å². The van der Waals surface area contributed by atoms with E-state index in [1.54, 1.807) is 13.1 Å². The molecule has 1 aromatic carbocycles. The van der Waals surface area contributed by atoms with Gasteiger partial charge in [0.15, 0.2) is 0 Å². The number of aromatic nitrogens is 1. The summed E-state index contributed by atoms with van der Waals surface area (Å²) in [6, 6.07) is 12.2. The zero-order valence-electron chi connectivity index (χ0n) is 11.7. The zero-order valence-corrected chi connectivity index (χ0v) is 11.7. The molecule has 0 aliphatic carbocycles. The van der Waals surface area contributed by atoms with Crippen LogP contribution in [0.2, 0.25) is 0 Å². The largest absolute Gasteiger partial charge is 0.389 e. The van der Waals surface area contributed by atoms with Crippen LogP contribution >= 0.6 is 0 Å². The normalized spacial score (nSPS) is 12.2. The summed E-state index contributed by atoms with van der Waals surface area (Å²) in [5.74, 6) is 0.875. The Hall–Kier alpha value is -1.87. The van der Waals surface area contributed by atoms with Crippen molar-refractivity contribution in [3.05, 3.63) is 59.3 Å². The van der Waals surface area contributed by atoms with Crippen LogP contribution in [-0.4, -0.2) is 17.1 Å². The summed E-state index contributed by atoms with van der Waals surface area (Å²) in [4.78, 5) is 6.44. The van der Waals surface area contributed by atoms with Crippen LogP contribution in [0.3, 0.4) is 0 Å². The number of hydrogen-bond acceptors (Lipinski definition) is 3. The number of anilines is 1. The number of aliphatic hydroxyl groups is 1. The highest BCUT2D eigenvalue weighted by Gasteiger charge is 2.07. The molecule has 0 unspecified atom stereocenters. The molecule has 0 radical (unpaired) electrons. The molecule has 2 rings (SSSR count). The molecule has 3 nitrogen and oxygen atoms in total. The Morgan fingerprint density at radius 1 is 1.26 bits per heavy atom. The second kappa shape index (κ2) is 5.85. The molecule has 0 saturated heterocycles. The monoisotopic (exact) mass is 256 g/mol. The highest BCUT2D eigenvalue weighted by Crippen LogP contribution is 2.18. The first-order valence-corrected chi connectivity index (χ1v) is 6.47. The van der Waals surface area contributed by atoms with E-state index in [0.29, 0.717) is 0 Å².